The standard InChI is InChI=1S/C13H14ClNO3/c1-8-5-9-3-4-10(14)6-11(9)15(13(8)17)7-12(16)18-2/h3-4,6,8H,5,7H2,1-2H3. The minimum atomic E-state index is -0.441. The van der Waals surface area contributed by atoms with Gasteiger partial charge in [-0.1, -0.05) is 24.6 Å². The Kier molecular flexibility index (Phi) is 3.57. The third-order valence-electron chi connectivity index (χ3n) is 3.07. The molecule has 0 spiro atoms. The summed E-state index contributed by atoms with van der Waals surface area (Å²) in [5, 5.41) is 0.547. The van der Waals surface area contributed by atoms with E-state index in [9.17, 15) is 9.59 Å². The first kappa shape index (κ1) is 12.9. The fourth-order valence-electron chi connectivity index (χ4n) is 2.12. The second-order valence-corrected chi connectivity index (χ2v) is 4.82. The molecule has 1 aliphatic heterocycles. The van der Waals surface area contributed by atoms with Crippen LogP contribution in [0.3, 0.4) is 0 Å². The number of carbonyl (C=O) groups excluding carboxylic acids is 2. The van der Waals surface area contributed by atoms with Crippen molar-refractivity contribution in [1.29, 1.82) is 0 Å². The van der Waals surface area contributed by atoms with E-state index >= 15 is 0 Å². The molecule has 0 N–H and O–H groups in total. The van der Waals surface area contributed by atoms with Crippen LogP contribution in [-0.2, 0) is 20.7 Å². The molecular formula is C13H14ClNO3. The first-order valence-electron chi connectivity index (χ1n) is 5.69. The number of rotatable bonds is 2. The molecule has 1 aromatic carbocycles. The summed E-state index contributed by atoms with van der Waals surface area (Å²) in [7, 11) is 1.30. The second-order valence-electron chi connectivity index (χ2n) is 4.38. The summed E-state index contributed by atoms with van der Waals surface area (Å²) in [5.41, 5.74) is 1.73. The molecule has 1 atom stereocenters. The molecule has 96 valence electrons. The minimum absolute atomic E-state index is 0.0739. The number of methoxy groups -OCH3 is 1. The lowest BCUT2D eigenvalue weighted by atomic mass is 9.93. The predicted octanol–water partition coefficient (Wildman–Crippen LogP) is 2.04. The number of anilines is 1. The molecule has 2 rings (SSSR count). The van der Waals surface area contributed by atoms with Crippen molar-refractivity contribution >= 4 is 29.2 Å². The summed E-state index contributed by atoms with van der Waals surface area (Å²) in [5.74, 6) is -0.651. The highest BCUT2D eigenvalue weighted by Crippen LogP contribution is 2.32. The van der Waals surface area contributed by atoms with Crippen molar-refractivity contribution in [3.63, 3.8) is 0 Å². The highest BCUT2D eigenvalue weighted by Gasteiger charge is 2.31. The van der Waals surface area contributed by atoms with Gasteiger partial charge in [0.25, 0.3) is 0 Å². The van der Waals surface area contributed by atoms with Gasteiger partial charge in [0.2, 0.25) is 5.91 Å². The Morgan fingerprint density at radius 1 is 1.56 bits per heavy atom. The Labute approximate surface area is 110 Å². The number of carbonyl (C=O) groups is 2. The topological polar surface area (TPSA) is 46.6 Å². The van der Waals surface area contributed by atoms with Crippen LogP contribution in [0, 0.1) is 5.92 Å². The van der Waals surface area contributed by atoms with Crippen molar-refractivity contribution in [2.75, 3.05) is 18.6 Å². The first-order chi connectivity index (χ1) is 8.52. The SMILES string of the molecule is COC(=O)CN1C(=O)C(C)Cc2ccc(Cl)cc21. The quantitative estimate of drug-likeness (QED) is 0.771. The third kappa shape index (κ3) is 2.34. The largest absolute Gasteiger partial charge is 0.468 e. The molecule has 0 radical (unpaired) electrons. The van der Waals surface area contributed by atoms with Crippen molar-refractivity contribution in [3.05, 3.63) is 28.8 Å². The molecular weight excluding hydrogens is 254 g/mol. The number of benzene rings is 1. The van der Waals surface area contributed by atoms with Gasteiger partial charge in [-0.15, -0.1) is 0 Å². The van der Waals surface area contributed by atoms with E-state index in [2.05, 4.69) is 4.74 Å². The molecule has 0 bridgehead atoms. The lowest BCUT2D eigenvalue weighted by molar-refractivity contribution is -0.140. The molecule has 18 heavy (non-hydrogen) atoms. The van der Waals surface area contributed by atoms with Crippen LogP contribution >= 0.6 is 11.6 Å². The van der Waals surface area contributed by atoms with Crippen LogP contribution in [0.4, 0.5) is 5.69 Å². The van der Waals surface area contributed by atoms with E-state index in [0.717, 1.165) is 5.56 Å². The molecule has 1 heterocycles. The van der Waals surface area contributed by atoms with Crippen molar-refractivity contribution in [3.8, 4) is 0 Å². The van der Waals surface area contributed by atoms with Crippen LogP contribution < -0.4 is 4.90 Å². The maximum atomic E-state index is 12.1. The molecule has 1 amide bonds. The molecule has 0 fully saturated rings. The normalized spacial score (nSPS) is 18.5. The molecule has 5 heteroatoms. The van der Waals surface area contributed by atoms with E-state index in [-0.39, 0.29) is 18.4 Å². The van der Waals surface area contributed by atoms with Gasteiger partial charge in [0.1, 0.15) is 6.54 Å². The molecule has 4 nitrogen and oxygen atoms in total. The molecule has 1 unspecified atom stereocenters. The van der Waals surface area contributed by atoms with Gasteiger partial charge in [0, 0.05) is 16.6 Å². The monoisotopic (exact) mass is 267 g/mol. The number of hydrogen-bond donors (Lipinski definition) is 0. The summed E-state index contributed by atoms with van der Waals surface area (Å²) in [6.07, 6.45) is 0.670. The van der Waals surface area contributed by atoms with Crippen LogP contribution in [0.25, 0.3) is 0 Å². The molecule has 0 aliphatic carbocycles. The fraction of sp³-hybridized carbons (Fsp3) is 0.385. The Bertz CT molecular complexity index is 501. The van der Waals surface area contributed by atoms with E-state index in [4.69, 9.17) is 11.6 Å². The summed E-state index contributed by atoms with van der Waals surface area (Å²) in [6, 6.07) is 5.40. The number of hydrogen-bond acceptors (Lipinski definition) is 3. The maximum Gasteiger partial charge on any atom is 0.325 e. The average Bonchev–Trinajstić information content (AvgIpc) is 2.35. The van der Waals surface area contributed by atoms with Gasteiger partial charge in [-0.25, -0.2) is 0 Å². The van der Waals surface area contributed by atoms with Crippen molar-refractivity contribution in [2.24, 2.45) is 5.92 Å². The van der Waals surface area contributed by atoms with Crippen molar-refractivity contribution in [1.82, 2.24) is 0 Å². The maximum absolute atomic E-state index is 12.1. The van der Waals surface area contributed by atoms with Gasteiger partial charge in [-0.2, -0.15) is 0 Å². The summed E-state index contributed by atoms with van der Waals surface area (Å²) >= 11 is 5.94. The highest BCUT2D eigenvalue weighted by molar-refractivity contribution is 6.31. The summed E-state index contributed by atoms with van der Waals surface area (Å²) in [6.45, 7) is 1.77. The lowest BCUT2D eigenvalue weighted by Gasteiger charge is -2.32. The van der Waals surface area contributed by atoms with Crippen LogP contribution in [0.2, 0.25) is 5.02 Å². The summed E-state index contributed by atoms with van der Waals surface area (Å²) in [4.78, 5) is 24.9. The molecule has 0 aromatic heterocycles. The van der Waals surface area contributed by atoms with E-state index < -0.39 is 5.97 Å². The lowest BCUT2D eigenvalue weighted by Crippen LogP contribution is -2.43. The number of esters is 1. The Hall–Kier alpha value is -1.55. The molecule has 0 saturated heterocycles. The fourth-order valence-corrected chi connectivity index (χ4v) is 2.29. The van der Waals surface area contributed by atoms with E-state index in [1.165, 1.54) is 12.0 Å². The van der Waals surface area contributed by atoms with Crippen molar-refractivity contribution < 1.29 is 14.3 Å². The zero-order valence-electron chi connectivity index (χ0n) is 10.3. The van der Waals surface area contributed by atoms with E-state index in [0.29, 0.717) is 17.1 Å². The number of ether oxygens (including phenoxy) is 1. The van der Waals surface area contributed by atoms with Crippen LogP contribution in [0.5, 0.6) is 0 Å². The first-order valence-corrected chi connectivity index (χ1v) is 6.07. The second kappa shape index (κ2) is 4.98. The van der Waals surface area contributed by atoms with Crippen LogP contribution in [0.15, 0.2) is 18.2 Å². The number of halogens is 1. The average molecular weight is 268 g/mol. The van der Waals surface area contributed by atoms with Gasteiger partial charge < -0.3 is 9.64 Å². The van der Waals surface area contributed by atoms with Gasteiger partial charge in [0.05, 0.1) is 7.11 Å². The van der Waals surface area contributed by atoms with Crippen LogP contribution in [0.1, 0.15) is 12.5 Å². The van der Waals surface area contributed by atoms with Gasteiger partial charge in [-0.3, -0.25) is 9.59 Å². The van der Waals surface area contributed by atoms with E-state index in [1.54, 1.807) is 12.1 Å². The minimum Gasteiger partial charge on any atom is -0.468 e. The number of fused-ring (bicyclic) bond motifs is 1. The zero-order valence-corrected chi connectivity index (χ0v) is 11.0. The van der Waals surface area contributed by atoms with Gasteiger partial charge in [-0.05, 0) is 24.1 Å². The number of nitrogens with zero attached hydrogens (tertiary/aromatic N) is 1. The Balaban J connectivity index is 2.40. The van der Waals surface area contributed by atoms with Gasteiger partial charge in [0.15, 0.2) is 0 Å². The zero-order chi connectivity index (χ0) is 13.3. The van der Waals surface area contributed by atoms with Gasteiger partial charge >= 0.3 is 5.97 Å². The highest BCUT2D eigenvalue weighted by atomic mass is 35.5. The van der Waals surface area contributed by atoms with Crippen LogP contribution in [-0.4, -0.2) is 25.5 Å². The molecule has 1 aliphatic rings. The Morgan fingerprint density at radius 3 is 2.94 bits per heavy atom. The smallest absolute Gasteiger partial charge is 0.325 e. The molecule has 0 saturated carbocycles. The Morgan fingerprint density at radius 2 is 2.28 bits per heavy atom. The summed E-state index contributed by atoms with van der Waals surface area (Å²) < 4.78 is 4.62. The third-order valence-corrected chi connectivity index (χ3v) is 3.30. The van der Waals surface area contributed by atoms with Crippen molar-refractivity contribution in [2.45, 2.75) is 13.3 Å². The predicted molar refractivity (Wildman–Crippen MR) is 68.7 cm³/mol. The van der Waals surface area contributed by atoms with E-state index in [1.807, 2.05) is 13.0 Å². The number of amides is 1. The molecule has 1 aromatic rings.